The lowest BCUT2D eigenvalue weighted by Crippen LogP contribution is -2.35. The highest BCUT2D eigenvalue weighted by molar-refractivity contribution is 7.93. The van der Waals surface area contributed by atoms with Crippen LogP contribution in [0.1, 0.15) is 36.0 Å². The van der Waals surface area contributed by atoms with Crippen LogP contribution in [-0.2, 0) is 9.84 Å². The summed E-state index contributed by atoms with van der Waals surface area (Å²) in [6.07, 6.45) is 7.89. The summed E-state index contributed by atoms with van der Waals surface area (Å²) in [5, 5.41) is 4.00. The molecule has 0 spiro atoms. The minimum absolute atomic E-state index is 0.0889. The number of hydrogen-bond acceptors (Lipinski definition) is 7. The van der Waals surface area contributed by atoms with Crippen molar-refractivity contribution >= 4 is 15.7 Å². The fraction of sp³-hybridized carbons (Fsp3) is 0.381. The lowest BCUT2D eigenvalue weighted by atomic mass is 10.1. The molecule has 2 aliphatic carbocycles. The lowest BCUT2D eigenvalue weighted by molar-refractivity contribution is 0.0937. The van der Waals surface area contributed by atoms with E-state index in [-0.39, 0.29) is 35.5 Å². The second-order valence-corrected chi connectivity index (χ2v) is 9.53. The highest BCUT2D eigenvalue weighted by atomic mass is 32.2. The van der Waals surface area contributed by atoms with Gasteiger partial charge in [0.2, 0.25) is 5.88 Å². The van der Waals surface area contributed by atoms with Crippen molar-refractivity contribution in [3.63, 3.8) is 0 Å². The van der Waals surface area contributed by atoms with E-state index < -0.39 is 15.7 Å². The Hall–Kier alpha value is -2.94. The first-order chi connectivity index (χ1) is 14.4. The van der Waals surface area contributed by atoms with E-state index in [0.717, 1.165) is 37.3 Å². The van der Waals surface area contributed by atoms with Crippen molar-refractivity contribution in [1.82, 2.24) is 15.3 Å². The fourth-order valence-electron chi connectivity index (χ4n) is 2.81. The standard InChI is InChI=1S/C21H23N3O5S/c1-30(26,27)12-11-18(14-7-8-14)23-19(25)17-13-22-21(29-16-9-10-16)24-20(17)28-15-5-3-2-4-6-15/h2-6,11-14,16,18H,7-10H2,1H3,(H,23,25). The van der Waals surface area contributed by atoms with E-state index in [9.17, 15) is 13.2 Å². The van der Waals surface area contributed by atoms with Gasteiger partial charge in [0, 0.05) is 11.7 Å². The number of nitrogens with one attached hydrogen (secondary N) is 1. The van der Waals surface area contributed by atoms with Crippen molar-refractivity contribution in [2.45, 2.75) is 37.8 Å². The number of aromatic nitrogens is 2. The molecule has 8 nitrogen and oxygen atoms in total. The molecule has 1 aromatic carbocycles. The third-order valence-electron chi connectivity index (χ3n) is 4.69. The molecule has 1 amide bonds. The second kappa shape index (κ2) is 8.43. The van der Waals surface area contributed by atoms with E-state index in [2.05, 4.69) is 15.3 Å². The van der Waals surface area contributed by atoms with Crippen molar-refractivity contribution in [3.05, 3.63) is 53.6 Å². The van der Waals surface area contributed by atoms with Crippen molar-refractivity contribution in [3.8, 4) is 17.6 Å². The Kier molecular flexibility index (Phi) is 5.72. The molecule has 9 heteroatoms. The number of carbonyl (C=O) groups is 1. The molecule has 2 fully saturated rings. The summed E-state index contributed by atoms with van der Waals surface area (Å²) in [4.78, 5) is 21.4. The van der Waals surface area contributed by atoms with Crippen LogP contribution in [0.5, 0.6) is 17.6 Å². The minimum atomic E-state index is -3.28. The minimum Gasteiger partial charge on any atom is -0.460 e. The average molecular weight is 429 g/mol. The lowest BCUT2D eigenvalue weighted by Gasteiger charge is -2.16. The topological polar surface area (TPSA) is 107 Å². The molecule has 30 heavy (non-hydrogen) atoms. The molecule has 1 heterocycles. The maximum Gasteiger partial charge on any atom is 0.320 e. The predicted molar refractivity (Wildman–Crippen MR) is 110 cm³/mol. The summed E-state index contributed by atoms with van der Waals surface area (Å²) >= 11 is 0. The number of ether oxygens (including phenoxy) is 2. The maximum absolute atomic E-state index is 13.0. The summed E-state index contributed by atoms with van der Waals surface area (Å²) in [6.45, 7) is 0. The summed E-state index contributed by atoms with van der Waals surface area (Å²) in [5.41, 5.74) is 0.153. The molecule has 0 saturated heterocycles. The highest BCUT2D eigenvalue weighted by Crippen LogP contribution is 2.34. The van der Waals surface area contributed by atoms with Crippen molar-refractivity contribution in [1.29, 1.82) is 0 Å². The number of benzene rings is 1. The SMILES string of the molecule is CS(=O)(=O)C=CC(NC(=O)c1cnc(OC2CC2)nc1Oc1ccccc1)C1CC1. The van der Waals surface area contributed by atoms with Gasteiger partial charge in [0.15, 0.2) is 9.84 Å². The first-order valence-electron chi connectivity index (χ1n) is 9.83. The molecule has 1 aromatic heterocycles. The predicted octanol–water partition coefficient (Wildman–Crippen LogP) is 2.88. The number of para-hydroxylation sites is 1. The Bertz CT molecular complexity index is 1050. The van der Waals surface area contributed by atoms with Crippen LogP contribution in [0.4, 0.5) is 0 Å². The van der Waals surface area contributed by atoms with Gasteiger partial charge in [0.05, 0.1) is 12.2 Å². The van der Waals surface area contributed by atoms with Gasteiger partial charge in [-0.15, -0.1) is 0 Å². The Morgan fingerprint density at radius 3 is 2.57 bits per heavy atom. The largest absolute Gasteiger partial charge is 0.460 e. The summed E-state index contributed by atoms with van der Waals surface area (Å²) < 4.78 is 34.4. The highest BCUT2D eigenvalue weighted by Gasteiger charge is 2.32. The number of hydrogen-bond donors (Lipinski definition) is 1. The van der Waals surface area contributed by atoms with E-state index in [1.54, 1.807) is 12.1 Å². The smallest absolute Gasteiger partial charge is 0.320 e. The van der Waals surface area contributed by atoms with Crippen LogP contribution in [0, 0.1) is 5.92 Å². The molecule has 4 rings (SSSR count). The summed E-state index contributed by atoms with van der Waals surface area (Å²) in [7, 11) is -3.28. The van der Waals surface area contributed by atoms with Crippen molar-refractivity contribution < 1.29 is 22.7 Å². The zero-order valence-corrected chi connectivity index (χ0v) is 17.3. The van der Waals surface area contributed by atoms with E-state index in [1.807, 2.05) is 18.2 Å². The Morgan fingerprint density at radius 1 is 1.20 bits per heavy atom. The normalized spacial score (nSPS) is 17.5. The van der Waals surface area contributed by atoms with Gasteiger partial charge in [-0.3, -0.25) is 4.79 Å². The number of sulfone groups is 1. The molecule has 0 bridgehead atoms. The van der Waals surface area contributed by atoms with Gasteiger partial charge < -0.3 is 14.8 Å². The third-order valence-corrected chi connectivity index (χ3v) is 5.34. The van der Waals surface area contributed by atoms with Crippen LogP contribution in [-0.4, -0.2) is 42.7 Å². The maximum atomic E-state index is 13.0. The van der Waals surface area contributed by atoms with Gasteiger partial charge in [0.1, 0.15) is 17.4 Å². The van der Waals surface area contributed by atoms with Crippen molar-refractivity contribution in [2.75, 3.05) is 6.26 Å². The summed E-state index contributed by atoms with van der Waals surface area (Å²) in [5.74, 6) is 0.391. The average Bonchev–Trinajstić information content (AvgIpc) is 3.60. The molecule has 1 atom stereocenters. The van der Waals surface area contributed by atoms with E-state index in [4.69, 9.17) is 9.47 Å². The van der Waals surface area contributed by atoms with Gasteiger partial charge >= 0.3 is 6.01 Å². The summed E-state index contributed by atoms with van der Waals surface area (Å²) in [6, 6.07) is 8.78. The second-order valence-electron chi connectivity index (χ2n) is 7.60. The van der Waals surface area contributed by atoms with Gasteiger partial charge in [-0.2, -0.15) is 4.98 Å². The molecule has 1 N–H and O–H groups in total. The molecule has 2 aromatic rings. The van der Waals surface area contributed by atoms with E-state index >= 15 is 0 Å². The molecular weight excluding hydrogens is 406 g/mol. The van der Waals surface area contributed by atoms with Crippen molar-refractivity contribution in [2.24, 2.45) is 5.92 Å². The Labute approximate surface area is 175 Å². The number of carbonyl (C=O) groups excluding carboxylic acids is 1. The fourth-order valence-corrected chi connectivity index (χ4v) is 3.27. The number of amides is 1. The monoisotopic (exact) mass is 429 g/mol. The van der Waals surface area contributed by atoms with Gasteiger partial charge in [-0.05, 0) is 43.7 Å². The first-order valence-corrected chi connectivity index (χ1v) is 11.8. The van der Waals surface area contributed by atoms with E-state index in [1.165, 1.54) is 12.3 Å². The van der Waals surface area contributed by atoms with Crippen LogP contribution in [0.2, 0.25) is 0 Å². The van der Waals surface area contributed by atoms with Crippen LogP contribution in [0.25, 0.3) is 0 Å². The van der Waals surface area contributed by atoms with Crippen LogP contribution in [0.15, 0.2) is 48.0 Å². The van der Waals surface area contributed by atoms with Crippen LogP contribution >= 0.6 is 0 Å². The molecular formula is C21H23N3O5S. The zero-order valence-electron chi connectivity index (χ0n) is 16.5. The molecule has 2 aliphatic rings. The number of rotatable bonds is 9. The molecule has 1 unspecified atom stereocenters. The molecule has 0 radical (unpaired) electrons. The number of nitrogens with zero attached hydrogens (tertiary/aromatic N) is 2. The molecule has 0 aliphatic heterocycles. The van der Waals surface area contributed by atoms with Gasteiger partial charge in [-0.1, -0.05) is 24.3 Å². The zero-order chi connectivity index (χ0) is 21.1. The van der Waals surface area contributed by atoms with E-state index in [0.29, 0.717) is 5.75 Å². The van der Waals surface area contributed by atoms with Gasteiger partial charge in [0.25, 0.3) is 5.91 Å². The Morgan fingerprint density at radius 2 is 1.93 bits per heavy atom. The molecule has 2 saturated carbocycles. The quantitative estimate of drug-likeness (QED) is 0.653. The Balaban J connectivity index is 1.57. The van der Waals surface area contributed by atoms with Crippen LogP contribution < -0.4 is 14.8 Å². The van der Waals surface area contributed by atoms with Gasteiger partial charge in [-0.25, -0.2) is 13.4 Å². The van der Waals surface area contributed by atoms with Crippen LogP contribution in [0.3, 0.4) is 0 Å². The first kappa shape index (κ1) is 20.3. The molecule has 158 valence electrons. The third kappa shape index (κ3) is 5.79.